The quantitative estimate of drug-likeness (QED) is 0.302. The summed E-state index contributed by atoms with van der Waals surface area (Å²) in [6.07, 6.45) is 0. The van der Waals surface area contributed by atoms with Crippen LogP contribution in [0.2, 0.25) is 0 Å². The van der Waals surface area contributed by atoms with E-state index in [4.69, 9.17) is 5.11 Å². The average Bonchev–Trinajstić information content (AvgIpc) is 1.81. The van der Waals surface area contributed by atoms with Gasteiger partial charge >= 0.3 is 5.97 Å². The van der Waals surface area contributed by atoms with Gasteiger partial charge in [0.05, 0.1) is 0 Å². The molecule has 0 aliphatic rings. The molecular weight excluding hydrogens is 158 g/mol. The lowest BCUT2D eigenvalue weighted by atomic mass is 10.8. The lowest BCUT2D eigenvalue weighted by Crippen LogP contribution is -2.40. The molecule has 0 aromatic carbocycles. The summed E-state index contributed by atoms with van der Waals surface area (Å²) >= 11 is 3.73. The third kappa shape index (κ3) is 3.34. The first-order valence-electron chi connectivity index (χ1n) is 2.68. The maximum absolute atomic E-state index is 10.3. The number of amides is 1. The molecule has 0 spiro atoms. The summed E-state index contributed by atoms with van der Waals surface area (Å²) in [5.74, 6) is -1.32. The lowest BCUT2D eigenvalue weighted by Gasteiger charge is -2.08. The van der Waals surface area contributed by atoms with Crippen molar-refractivity contribution in [3.05, 3.63) is 0 Å². The zero-order valence-electron chi connectivity index (χ0n) is 5.50. The van der Waals surface area contributed by atoms with E-state index in [1.165, 1.54) is 6.92 Å². The Hall–Kier alpha value is -0.710. The standard InChI is InChI=1S/C5H9NO3S/c1-3(7)6-4(2-10)5(8)9/h4,10H,2H2,1H3,(H,6,7)(H,8,9)/t4-/m1/s1/i2+1,4+1,5+1,6+1. The Bertz CT molecular complexity index is 148. The van der Waals surface area contributed by atoms with Crippen LogP contribution in [0.1, 0.15) is 6.92 Å². The largest absolute Gasteiger partial charge is 0.480 e. The molecule has 0 aromatic heterocycles. The SMILES string of the molecule is CC(=O)[15NH][13C@H]([13CH2]S)[13C](=O)O. The molecule has 0 rings (SSSR count). The minimum atomic E-state index is -1.06. The van der Waals surface area contributed by atoms with Gasteiger partial charge in [-0.2, -0.15) is 12.6 Å². The summed E-state index contributed by atoms with van der Waals surface area (Å²) in [6, 6.07) is -0.874. The highest BCUT2D eigenvalue weighted by Crippen LogP contribution is 1.86. The highest BCUT2D eigenvalue weighted by Gasteiger charge is 2.14. The summed E-state index contributed by atoms with van der Waals surface area (Å²) in [7, 11) is 0. The number of carbonyl (C=O) groups excluding carboxylic acids is 1. The van der Waals surface area contributed by atoms with Crippen LogP contribution in [-0.4, -0.2) is 28.8 Å². The van der Waals surface area contributed by atoms with Crippen molar-refractivity contribution in [3.8, 4) is 0 Å². The minimum Gasteiger partial charge on any atom is -0.480 e. The van der Waals surface area contributed by atoms with Crippen LogP contribution in [0, 0.1) is 0 Å². The summed E-state index contributed by atoms with van der Waals surface area (Å²) in [5, 5.41) is 10.6. The summed E-state index contributed by atoms with van der Waals surface area (Å²) < 4.78 is 0. The van der Waals surface area contributed by atoms with E-state index in [2.05, 4.69) is 17.9 Å². The molecule has 0 aliphatic carbocycles. The van der Waals surface area contributed by atoms with Crippen LogP contribution in [0.25, 0.3) is 0 Å². The molecule has 0 saturated carbocycles. The molecule has 0 aliphatic heterocycles. The summed E-state index contributed by atoms with van der Waals surface area (Å²) in [6.45, 7) is 1.26. The van der Waals surface area contributed by atoms with Gasteiger partial charge in [-0.3, -0.25) is 4.79 Å². The third-order valence-electron chi connectivity index (χ3n) is 0.858. The summed E-state index contributed by atoms with van der Waals surface area (Å²) in [4.78, 5) is 20.5. The Kier molecular flexibility index (Phi) is 3.87. The maximum atomic E-state index is 10.3. The van der Waals surface area contributed by atoms with Crippen molar-refractivity contribution in [1.82, 2.24) is 5.32 Å². The van der Waals surface area contributed by atoms with Gasteiger partial charge in [-0.1, -0.05) is 0 Å². The number of thiol groups is 1. The molecule has 10 heavy (non-hydrogen) atoms. The number of aliphatic carboxylic acids is 1. The first kappa shape index (κ1) is 9.29. The Morgan fingerprint density at radius 3 is 2.30 bits per heavy atom. The number of carboxylic acids is 1. The summed E-state index contributed by atoms with van der Waals surface area (Å²) in [5.41, 5.74) is 0. The van der Waals surface area contributed by atoms with Gasteiger partial charge < -0.3 is 10.4 Å². The van der Waals surface area contributed by atoms with Gasteiger partial charge in [-0.15, -0.1) is 0 Å². The van der Waals surface area contributed by atoms with Gasteiger partial charge in [-0.05, 0) is 0 Å². The van der Waals surface area contributed by atoms with Crippen LogP contribution in [0.15, 0.2) is 0 Å². The van der Waals surface area contributed by atoms with E-state index in [0.29, 0.717) is 0 Å². The van der Waals surface area contributed by atoms with E-state index in [-0.39, 0.29) is 11.7 Å². The van der Waals surface area contributed by atoms with E-state index < -0.39 is 12.0 Å². The first-order chi connectivity index (χ1) is 4.57. The van der Waals surface area contributed by atoms with Crippen molar-refractivity contribution in [3.63, 3.8) is 0 Å². The molecule has 0 aromatic rings. The maximum Gasteiger partial charge on any atom is 0.327 e. The predicted molar refractivity (Wildman–Crippen MR) is 39.1 cm³/mol. The van der Waals surface area contributed by atoms with Gasteiger partial charge in [0.15, 0.2) is 0 Å². The van der Waals surface area contributed by atoms with Gasteiger partial charge in [0.2, 0.25) is 5.91 Å². The van der Waals surface area contributed by atoms with E-state index in [9.17, 15) is 9.59 Å². The Morgan fingerprint density at radius 1 is 1.70 bits per heavy atom. The number of carboxylic acid groups (broad SMARTS) is 1. The van der Waals surface area contributed by atoms with Crippen molar-refractivity contribution < 1.29 is 14.7 Å². The van der Waals surface area contributed by atoms with Gasteiger partial charge in [0.1, 0.15) is 6.04 Å². The predicted octanol–water partition coefficient (Wildman–Crippen LogP) is -0.494. The smallest absolute Gasteiger partial charge is 0.327 e. The van der Waals surface area contributed by atoms with E-state index in [1.807, 2.05) is 0 Å². The monoisotopic (exact) mass is 167 g/mol. The third-order valence-corrected chi connectivity index (χ3v) is 1.22. The second kappa shape index (κ2) is 4.16. The van der Waals surface area contributed by atoms with Crippen LogP contribution < -0.4 is 5.32 Å². The molecule has 2 N–H and O–H groups in total. The molecule has 0 unspecified atom stereocenters. The highest BCUT2D eigenvalue weighted by molar-refractivity contribution is 7.80. The number of nitrogens with one attached hydrogen (secondary N) is 1. The molecule has 0 fully saturated rings. The van der Waals surface area contributed by atoms with Crippen LogP contribution in [0.4, 0.5) is 0 Å². The van der Waals surface area contributed by atoms with E-state index in [1.54, 1.807) is 0 Å². The molecular formula is C5H9NO3S. The Morgan fingerprint density at radius 2 is 2.20 bits per heavy atom. The molecule has 5 heteroatoms. The first-order valence-corrected chi connectivity index (χ1v) is 3.32. The minimum absolute atomic E-state index is 0.106. The molecule has 1 amide bonds. The van der Waals surface area contributed by atoms with Crippen LogP contribution >= 0.6 is 12.6 Å². The van der Waals surface area contributed by atoms with Gasteiger partial charge in [0, 0.05) is 12.7 Å². The van der Waals surface area contributed by atoms with E-state index in [0.717, 1.165) is 0 Å². The molecule has 0 radical (unpaired) electrons. The van der Waals surface area contributed by atoms with Crippen molar-refractivity contribution in [2.24, 2.45) is 0 Å². The van der Waals surface area contributed by atoms with Gasteiger partial charge in [0.25, 0.3) is 0 Å². The topological polar surface area (TPSA) is 66.4 Å². The van der Waals surface area contributed by atoms with Crippen molar-refractivity contribution in [1.29, 1.82) is 0 Å². The highest BCUT2D eigenvalue weighted by atomic mass is 32.1. The van der Waals surface area contributed by atoms with Crippen LogP contribution in [0.3, 0.4) is 0 Å². The Balaban J connectivity index is 3.83. The Labute approximate surface area is 64.0 Å². The number of carbonyl (C=O) groups is 2. The van der Waals surface area contributed by atoms with Crippen LogP contribution in [0.5, 0.6) is 0 Å². The lowest BCUT2D eigenvalue weighted by molar-refractivity contribution is -0.140. The van der Waals surface area contributed by atoms with E-state index >= 15 is 0 Å². The fourth-order valence-corrected chi connectivity index (χ4v) is 0.678. The molecule has 0 bridgehead atoms. The van der Waals surface area contributed by atoms with Gasteiger partial charge in [-0.25, -0.2) is 4.79 Å². The molecule has 4 nitrogen and oxygen atoms in total. The number of hydrogen-bond donors (Lipinski definition) is 3. The normalized spacial score (nSPS) is 12.2. The zero-order valence-corrected chi connectivity index (χ0v) is 6.39. The second-order valence-corrected chi connectivity index (χ2v) is 2.14. The number of hydrogen-bond acceptors (Lipinski definition) is 3. The molecule has 1 atom stereocenters. The second-order valence-electron chi connectivity index (χ2n) is 1.77. The molecule has 0 saturated heterocycles. The van der Waals surface area contributed by atoms with Crippen molar-refractivity contribution in [2.45, 2.75) is 13.0 Å². The fourth-order valence-electron chi connectivity index (χ4n) is 0.431. The average molecular weight is 167 g/mol. The zero-order chi connectivity index (χ0) is 8.15. The number of rotatable bonds is 3. The fraction of sp³-hybridized carbons (Fsp3) is 0.600. The van der Waals surface area contributed by atoms with Crippen molar-refractivity contribution in [2.75, 3.05) is 5.75 Å². The van der Waals surface area contributed by atoms with Crippen molar-refractivity contribution >= 4 is 24.5 Å². The molecule has 0 heterocycles. The molecule has 58 valence electrons. The van der Waals surface area contributed by atoms with Crippen LogP contribution in [-0.2, 0) is 9.59 Å².